The van der Waals surface area contributed by atoms with Gasteiger partial charge in [0.2, 0.25) is 5.95 Å². The highest BCUT2D eigenvalue weighted by Crippen LogP contribution is 2.30. The average molecular weight is 298 g/mol. The van der Waals surface area contributed by atoms with E-state index in [1.807, 2.05) is 11.6 Å². The molecule has 1 aromatic rings. The maximum atomic E-state index is 10.7. The summed E-state index contributed by atoms with van der Waals surface area (Å²) in [4.78, 5) is 12.8. The van der Waals surface area contributed by atoms with Crippen molar-refractivity contribution in [1.29, 1.82) is 0 Å². The van der Waals surface area contributed by atoms with E-state index in [1.54, 1.807) is 0 Å². The normalized spacial score (nSPS) is 15.4. The van der Waals surface area contributed by atoms with Gasteiger partial charge in [-0.1, -0.05) is 18.2 Å². The van der Waals surface area contributed by atoms with Gasteiger partial charge in [-0.15, -0.1) is 10.2 Å². The first-order valence-electron chi connectivity index (χ1n) is 6.99. The Balaban J connectivity index is 2.12. The summed E-state index contributed by atoms with van der Waals surface area (Å²) in [6, 6.07) is 0.208. The zero-order chi connectivity index (χ0) is 14.7. The Morgan fingerprint density at radius 3 is 2.70 bits per heavy atom. The summed E-state index contributed by atoms with van der Waals surface area (Å²) in [7, 11) is 2.03. The van der Waals surface area contributed by atoms with Gasteiger partial charge in [-0.2, -0.15) is 0 Å². The molecule has 1 heterocycles. The maximum Gasteiger partial charge on any atom is 0.313 e. The van der Waals surface area contributed by atoms with E-state index in [9.17, 15) is 4.79 Å². The summed E-state index contributed by atoms with van der Waals surface area (Å²) < 4.78 is 2.02. The van der Waals surface area contributed by atoms with Crippen molar-refractivity contribution in [1.82, 2.24) is 14.8 Å². The van der Waals surface area contributed by atoms with Crippen molar-refractivity contribution >= 4 is 23.7 Å². The summed E-state index contributed by atoms with van der Waals surface area (Å²) in [5.41, 5.74) is 0. The number of thioether (sulfide) groups is 1. The van der Waals surface area contributed by atoms with E-state index in [1.165, 1.54) is 31.0 Å². The molecular weight excluding hydrogens is 276 g/mol. The van der Waals surface area contributed by atoms with Crippen molar-refractivity contribution in [3.8, 4) is 0 Å². The van der Waals surface area contributed by atoms with E-state index in [0.717, 1.165) is 18.4 Å². The summed E-state index contributed by atoms with van der Waals surface area (Å²) in [6.45, 7) is 5.12. The second kappa shape index (κ2) is 6.47. The molecule has 1 fully saturated rings. The Hall–Kier alpha value is -1.24. The van der Waals surface area contributed by atoms with Crippen LogP contribution < -0.4 is 4.90 Å². The van der Waals surface area contributed by atoms with Gasteiger partial charge < -0.3 is 10.0 Å². The lowest BCUT2D eigenvalue weighted by Gasteiger charge is -2.31. The quantitative estimate of drug-likeness (QED) is 0.779. The molecule has 0 radical (unpaired) electrons. The predicted molar refractivity (Wildman–Crippen MR) is 79.4 cm³/mol. The Kier molecular flexibility index (Phi) is 4.91. The fraction of sp³-hybridized carbons (Fsp3) is 0.769. The lowest BCUT2D eigenvalue weighted by Crippen LogP contribution is -2.31. The second-order valence-electron chi connectivity index (χ2n) is 5.61. The van der Waals surface area contributed by atoms with Gasteiger partial charge >= 0.3 is 5.97 Å². The number of aromatic nitrogens is 3. The van der Waals surface area contributed by atoms with Crippen LogP contribution in [0.3, 0.4) is 0 Å². The highest BCUT2D eigenvalue weighted by Gasteiger charge is 2.23. The van der Waals surface area contributed by atoms with Crippen molar-refractivity contribution in [3.63, 3.8) is 0 Å². The number of rotatable bonds is 7. The van der Waals surface area contributed by atoms with Crippen molar-refractivity contribution in [2.24, 2.45) is 5.92 Å². The van der Waals surface area contributed by atoms with Gasteiger partial charge in [0.25, 0.3) is 0 Å². The minimum Gasteiger partial charge on any atom is -0.481 e. The van der Waals surface area contributed by atoms with Crippen LogP contribution in [0.4, 0.5) is 5.95 Å². The van der Waals surface area contributed by atoms with Gasteiger partial charge in [-0.05, 0) is 32.6 Å². The number of nitrogens with zero attached hydrogens (tertiary/aromatic N) is 4. The van der Waals surface area contributed by atoms with Crippen LogP contribution in [0.15, 0.2) is 5.16 Å². The van der Waals surface area contributed by atoms with Gasteiger partial charge in [-0.3, -0.25) is 9.36 Å². The van der Waals surface area contributed by atoms with E-state index in [0.29, 0.717) is 5.16 Å². The molecule has 1 aliphatic carbocycles. The molecule has 0 aliphatic heterocycles. The number of carbonyl (C=O) groups is 1. The van der Waals surface area contributed by atoms with Crippen LogP contribution in [0.5, 0.6) is 0 Å². The first-order valence-corrected chi connectivity index (χ1v) is 7.98. The van der Waals surface area contributed by atoms with Crippen LogP contribution in [-0.4, -0.2) is 45.2 Å². The molecule has 2 rings (SSSR count). The summed E-state index contributed by atoms with van der Waals surface area (Å²) >= 11 is 1.22. The molecular formula is C13H22N4O2S. The first kappa shape index (κ1) is 15.2. The van der Waals surface area contributed by atoms with Crippen LogP contribution in [0.2, 0.25) is 0 Å². The maximum absolute atomic E-state index is 10.7. The largest absolute Gasteiger partial charge is 0.481 e. The molecule has 7 heteroatoms. The van der Waals surface area contributed by atoms with E-state index < -0.39 is 5.97 Å². The number of carboxylic acids is 1. The molecule has 0 unspecified atom stereocenters. The number of hydrogen-bond acceptors (Lipinski definition) is 5. The third kappa shape index (κ3) is 3.45. The Morgan fingerprint density at radius 2 is 2.20 bits per heavy atom. The highest BCUT2D eigenvalue weighted by atomic mass is 32.2. The van der Waals surface area contributed by atoms with Crippen LogP contribution in [-0.2, 0) is 4.79 Å². The fourth-order valence-corrected chi connectivity index (χ4v) is 3.13. The standard InChI is InChI=1S/C13H22N4O2S/c1-9(2)17-12(16(3)7-10-5-4-6-10)14-15-13(17)20-8-11(18)19/h9-10H,4-8H2,1-3H3,(H,18,19). The lowest BCUT2D eigenvalue weighted by atomic mass is 9.85. The third-order valence-corrected chi connectivity index (χ3v) is 4.51. The molecule has 0 atom stereocenters. The molecule has 0 aromatic carbocycles. The summed E-state index contributed by atoms with van der Waals surface area (Å²) in [5, 5.41) is 17.9. The zero-order valence-electron chi connectivity index (χ0n) is 12.2. The average Bonchev–Trinajstić information content (AvgIpc) is 2.74. The van der Waals surface area contributed by atoms with Gasteiger partial charge in [0.1, 0.15) is 0 Å². The molecule has 0 spiro atoms. The second-order valence-corrected chi connectivity index (χ2v) is 6.55. The molecule has 1 saturated carbocycles. The Morgan fingerprint density at radius 1 is 1.50 bits per heavy atom. The number of aliphatic carboxylic acids is 1. The van der Waals surface area contributed by atoms with Crippen LogP contribution >= 0.6 is 11.8 Å². The van der Waals surface area contributed by atoms with E-state index in [-0.39, 0.29) is 11.8 Å². The predicted octanol–water partition coefficient (Wildman–Crippen LogP) is 2.27. The van der Waals surface area contributed by atoms with Gasteiger partial charge in [0.05, 0.1) is 5.75 Å². The van der Waals surface area contributed by atoms with Crippen LogP contribution in [0.1, 0.15) is 39.2 Å². The number of carboxylic acid groups (broad SMARTS) is 1. The van der Waals surface area contributed by atoms with Crippen molar-refractivity contribution < 1.29 is 9.90 Å². The molecule has 20 heavy (non-hydrogen) atoms. The Labute approximate surface area is 123 Å². The lowest BCUT2D eigenvalue weighted by molar-refractivity contribution is -0.133. The molecule has 1 aliphatic rings. The SMILES string of the molecule is CC(C)n1c(SCC(=O)O)nnc1N(C)CC1CCC1. The topological polar surface area (TPSA) is 71.2 Å². The van der Waals surface area contributed by atoms with Gasteiger partial charge in [0.15, 0.2) is 5.16 Å². The smallest absolute Gasteiger partial charge is 0.313 e. The molecule has 0 bridgehead atoms. The third-order valence-electron chi connectivity index (χ3n) is 3.59. The monoisotopic (exact) mass is 298 g/mol. The molecule has 0 saturated heterocycles. The molecule has 1 N–H and O–H groups in total. The molecule has 1 aromatic heterocycles. The van der Waals surface area contributed by atoms with Crippen LogP contribution in [0.25, 0.3) is 0 Å². The van der Waals surface area contributed by atoms with E-state index in [2.05, 4.69) is 28.9 Å². The first-order chi connectivity index (χ1) is 9.49. The van der Waals surface area contributed by atoms with Gasteiger partial charge in [0, 0.05) is 19.6 Å². The van der Waals surface area contributed by atoms with E-state index >= 15 is 0 Å². The van der Waals surface area contributed by atoms with Crippen molar-refractivity contribution in [2.75, 3.05) is 24.2 Å². The van der Waals surface area contributed by atoms with Gasteiger partial charge in [-0.25, -0.2) is 0 Å². The van der Waals surface area contributed by atoms with Crippen molar-refractivity contribution in [2.45, 2.75) is 44.3 Å². The molecule has 112 valence electrons. The summed E-state index contributed by atoms with van der Waals surface area (Å²) in [5.74, 6) is 0.766. The number of anilines is 1. The minimum atomic E-state index is -0.835. The van der Waals surface area contributed by atoms with Crippen molar-refractivity contribution in [3.05, 3.63) is 0 Å². The highest BCUT2D eigenvalue weighted by molar-refractivity contribution is 7.99. The molecule has 0 amide bonds. The molecule has 6 nitrogen and oxygen atoms in total. The fourth-order valence-electron chi connectivity index (χ4n) is 2.35. The van der Waals surface area contributed by atoms with E-state index in [4.69, 9.17) is 5.11 Å². The minimum absolute atomic E-state index is 0.0111. The zero-order valence-corrected chi connectivity index (χ0v) is 13.1. The van der Waals surface area contributed by atoms with Crippen LogP contribution in [0, 0.1) is 5.92 Å². The Bertz CT molecular complexity index is 471. The summed E-state index contributed by atoms with van der Waals surface area (Å²) in [6.07, 6.45) is 3.91. The number of hydrogen-bond donors (Lipinski definition) is 1.